The molecule has 4 nitrogen and oxygen atoms in total. The Morgan fingerprint density at radius 1 is 1.12 bits per heavy atom. The molecule has 0 aromatic heterocycles. The Morgan fingerprint density at radius 2 is 1.81 bits per heavy atom. The third kappa shape index (κ3) is 3.81. The van der Waals surface area contributed by atoms with Gasteiger partial charge in [0.1, 0.15) is 5.75 Å². The molecule has 3 rings (SSSR count). The van der Waals surface area contributed by atoms with Crippen molar-refractivity contribution in [3.63, 3.8) is 0 Å². The van der Waals surface area contributed by atoms with Gasteiger partial charge in [-0.15, -0.1) is 0 Å². The minimum absolute atomic E-state index is 0.0758. The first kappa shape index (κ1) is 18.2. The number of benzene rings is 2. The van der Waals surface area contributed by atoms with Crippen LogP contribution in [0.1, 0.15) is 37.5 Å². The fourth-order valence-corrected chi connectivity index (χ4v) is 2.78. The van der Waals surface area contributed by atoms with Crippen LogP contribution in [-0.2, 0) is 14.9 Å². The number of ether oxygens (including phenoxy) is 2. The molecule has 2 aromatic rings. The molecule has 1 aliphatic heterocycles. The molecule has 1 heterocycles. The number of carbonyl (C=O) groups excluding carboxylic acids is 1. The highest BCUT2D eigenvalue weighted by atomic mass is 35.5. The standard InChI is InChI=1S/C21H20ClNO3/c1-21(2,3)14-7-5-13(6-8-14)11-17-20(24)26-19(23-17)16-12-15(22)9-10-18(16)25-4/h5-12H,1-4H3/b17-11+. The monoisotopic (exact) mass is 369 g/mol. The van der Waals surface area contributed by atoms with Crippen LogP contribution in [0.2, 0.25) is 5.02 Å². The Labute approximate surface area is 158 Å². The van der Waals surface area contributed by atoms with Gasteiger partial charge in [0.15, 0.2) is 5.70 Å². The molecule has 0 spiro atoms. The molecule has 26 heavy (non-hydrogen) atoms. The van der Waals surface area contributed by atoms with Crippen LogP contribution in [0.4, 0.5) is 0 Å². The summed E-state index contributed by atoms with van der Waals surface area (Å²) in [6, 6.07) is 13.1. The van der Waals surface area contributed by atoms with E-state index in [4.69, 9.17) is 21.1 Å². The Morgan fingerprint density at radius 3 is 2.42 bits per heavy atom. The maximum Gasteiger partial charge on any atom is 0.363 e. The molecule has 5 heteroatoms. The lowest BCUT2D eigenvalue weighted by molar-refractivity contribution is -0.129. The zero-order valence-electron chi connectivity index (χ0n) is 15.2. The number of halogens is 1. The summed E-state index contributed by atoms with van der Waals surface area (Å²) in [5.74, 6) is 0.227. The molecule has 2 aromatic carbocycles. The average molecular weight is 370 g/mol. The van der Waals surface area contributed by atoms with Crippen molar-refractivity contribution in [1.29, 1.82) is 0 Å². The second-order valence-electron chi connectivity index (χ2n) is 7.05. The molecule has 0 atom stereocenters. The molecule has 0 N–H and O–H groups in total. The normalized spacial score (nSPS) is 15.8. The maximum atomic E-state index is 12.2. The lowest BCUT2D eigenvalue weighted by Crippen LogP contribution is -2.10. The highest BCUT2D eigenvalue weighted by Gasteiger charge is 2.26. The number of methoxy groups -OCH3 is 1. The minimum atomic E-state index is -0.498. The van der Waals surface area contributed by atoms with Gasteiger partial charge in [0.25, 0.3) is 0 Å². The predicted molar refractivity (Wildman–Crippen MR) is 104 cm³/mol. The third-order valence-electron chi connectivity index (χ3n) is 4.09. The van der Waals surface area contributed by atoms with E-state index in [1.807, 2.05) is 12.1 Å². The number of cyclic esters (lactones) is 1. The largest absolute Gasteiger partial charge is 0.496 e. The van der Waals surface area contributed by atoms with E-state index < -0.39 is 5.97 Å². The summed E-state index contributed by atoms with van der Waals surface area (Å²) in [5.41, 5.74) is 2.96. The van der Waals surface area contributed by atoms with Gasteiger partial charge in [0, 0.05) is 5.02 Å². The number of carbonyl (C=O) groups is 1. The van der Waals surface area contributed by atoms with Crippen molar-refractivity contribution in [3.05, 3.63) is 69.9 Å². The van der Waals surface area contributed by atoms with Crippen LogP contribution in [0, 0.1) is 0 Å². The van der Waals surface area contributed by atoms with E-state index in [2.05, 4.69) is 37.9 Å². The molecule has 0 fully saturated rings. The number of rotatable bonds is 3. The van der Waals surface area contributed by atoms with Gasteiger partial charge in [-0.1, -0.05) is 56.6 Å². The summed E-state index contributed by atoms with van der Waals surface area (Å²) >= 11 is 6.04. The molecule has 0 radical (unpaired) electrons. The van der Waals surface area contributed by atoms with E-state index in [0.717, 1.165) is 5.56 Å². The maximum absolute atomic E-state index is 12.2. The smallest absolute Gasteiger partial charge is 0.363 e. The van der Waals surface area contributed by atoms with Crippen LogP contribution in [0.3, 0.4) is 0 Å². The zero-order chi connectivity index (χ0) is 18.9. The second-order valence-corrected chi connectivity index (χ2v) is 7.49. The fraction of sp³-hybridized carbons (Fsp3) is 0.238. The van der Waals surface area contributed by atoms with Crippen LogP contribution < -0.4 is 4.74 Å². The number of hydrogen-bond acceptors (Lipinski definition) is 4. The van der Waals surface area contributed by atoms with Crippen molar-refractivity contribution in [3.8, 4) is 5.75 Å². The van der Waals surface area contributed by atoms with Crippen molar-refractivity contribution in [2.24, 2.45) is 4.99 Å². The fourth-order valence-electron chi connectivity index (χ4n) is 2.61. The zero-order valence-corrected chi connectivity index (χ0v) is 15.9. The van der Waals surface area contributed by atoms with E-state index in [9.17, 15) is 4.79 Å². The van der Waals surface area contributed by atoms with Gasteiger partial charge in [0.05, 0.1) is 12.7 Å². The van der Waals surface area contributed by atoms with Crippen molar-refractivity contribution in [2.75, 3.05) is 7.11 Å². The molecule has 0 saturated carbocycles. The van der Waals surface area contributed by atoms with E-state index in [1.165, 1.54) is 12.7 Å². The summed E-state index contributed by atoms with van der Waals surface area (Å²) < 4.78 is 10.6. The van der Waals surface area contributed by atoms with Crippen LogP contribution in [0.15, 0.2) is 53.2 Å². The van der Waals surface area contributed by atoms with Gasteiger partial charge < -0.3 is 9.47 Å². The Bertz CT molecular complexity index is 906. The number of hydrogen-bond donors (Lipinski definition) is 0. The first-order valence-corrected chi connectivity index (χ1v) is 8.63. The summed E-state index contributed by atoms with van der Waals surface area (Å²) in [6.07, 6.45) is 1.71. The lowest BCUT2D eigenvalue weighted by atomic mass is 9.87. The predicted octanol–water partition coefficient (Wildman–Crippen LogP) is 4.99. The summed E-state index contributed by atoms with van der Waals surface area (Å²) in [5, 5.41) is 0.509. The van der Waals surface area contributed by atoms with Crippen molar-refractivity contribution < 1.29 is 14.3 Å². The third-order valence-corrected chi connectivity index (χ3v) is 4.33. The van der Waals surface area contributed by atoms with E-state index in [-0.39, 0.29) is 17.0 Å². The topological polar surface area (TPSA) is 47.9 Å². The van der Waals surface area contributed by atoms with Crippen molar-refractivity contribution >= 4 is 29.5 Å². The highest BCUT2D eigenvalue weighted by molar-refractivity contribution is 6.31. The first-order chi connectivity index (χ1) is 12.3. The van der Waals surface area contributed by atoms with Gasteiger partial charge in [-0.2, -0.15) is 0 Å². The van der Waals surface area contributed by atoms with Gasteiger partial charge >= 0.3 is 5.97 Å². The summed E-state index contributed by atoms with van der Waals surface area (Å²) in [7, 11) is 1.54. The van der Waals surface area contributed by atoms with Crippen LogP contribution in [-0.4, -0.2) is 19.0 Å². The van der Waals surface area contributed by atoms with E-state index >= 15 is 0 Å². The number of aliphatic imine (C=N–C) groups is 1. The van der Waals surface area contributed by atoms with Gasteiger partial charge in [-0.05, 0) is 40.8 Å². The SMILES string of the molecule is COc1ccc(Cl)cc1C1=N/C(=C/c2ccc(C(C)(C)C)cc2)C(=O)O1. The molecule has 1 aliphatic rings. The molecular weight excluding hydrogens is 350 g/mol. The molecular formula is C21H20ClNO3. The Balaban J connectivity index is 1.93. The van der Waals surface area contributed by atoms with Crippen LogP contribution in [0.25, 0.3) is 6.08 Å². The van der Waals surface area contributed by atoms with E-state index in [0.29, 0.717) is 16.3 Å². The summed E-state index contributed by atoms with van der Waals surface area (Å²) in [4.78, 5) is 16.5. The lowest BCUT2D eigenvalue weighted by Gasteiger charge is -2.18. The Hall–Kier alpha value is -2.59. The quantitative estimate of drug-likeness (QED) is 0.565. The first-order valence-electron chi connectivity index (χ1n) is 8.25. The molecule has 0 saturated heterocycles. The molecule has 0 bridgehead atoms. The molecule has 0 aliphatic carbocycles. The Kier molecular flexibility index (Phi) is 4.88. The molecule has 134 valence electrons. The van der Waals surface area contributed by atoms with Crippen molar-refractivity contribution in [1.82, 2.24) is 0 Å². The van der Waals surface area contributed by atoms with Crippen molar-refractivity contribution in [2.45, 2.75) is 26.2 Å². The average Bonchev–Trinajstić information content (AvgIpc) is 2.95. The minimum Gasteiger partial charge on any atom is -0.496 e. The molecule has 0 unspecified atom stereocenters. The van der Waals surface area contributed by atoms with Gasteiger partial charge in [-0.3, -0.25) is 0 Å². The second kappa shape index (κ2) is 6.96. The number of esters is 1. The summed E-state index contributed by atoms with van der Waals surface area (Å²) in [6.45, 7) is 6.47. The number of nitrogens with zero attached hydrogens (tertiary/aromatic N) is 1. The van der Waals surface area contributed by atoms with Crippen LogP contribution in [0.5, 0.6) is 5.75 Å². The van der Waals surface area contributed by atoms with Gasteiger partial charge in [0.2, 0.25) is 5.90 Å². The highest BCUT2D eigenvalue weighted by Crippen LogP contribution is 2.28. The molecule has 0 amide bonds. The van der Waals surface area contributed by atoms with E-state index in [1.54, 1.807) is 24.3 Å². The van der Waals surface area contributed by atoms with Crippen LogP contribution >= 0.6 is 11.6 Å². The van der Waals surface area contributed by atoms with Gasteiger partial charge in [-0.25, -0.2) is 9.79 Å².